The van der Waals surface area contributed by atoms with Crippen molar-refractivity contribution in [2.24, 2.45) is 5.41 Å². The number of thiazole rings is 1. The Kier molecular flexibility index (Phi) is 3.35. The second-order valence-corrected chi connectivity index (χ2v) is 6.98. The molecule has 0 bridgehead atoms. The van der Waals surface area contributed by atoms with Crippen LogP contribution in [0.1, 0.15) is 39.6 Å². The Bertz CT molecular complexity index is 492. The summed E-state index contributed by atoms with van der Waals surface area (Å²) in [5, 5.41) is 0.969. The number of carbonyl (C=O) groups is 1. The number of likely N-dealkylation sites (tertiary alicyclic amines) is 1. The molecule has 0 radical (unpaired) electrons. The molecule has 1 aromatic heterocycles. The van der Waals surface area contributed by atoms with Crippen LogP contribution in [0, 0.1) is 19.3 Å². The maximum Gasteiger partial charge on any atom is 0.265 e. The standard InChI is InChI=1S/C14H20N2O2S/c1-10-12(19-11(2)15-10)13(17)16-6-3-4-14(8-16)5-7-18-9-14/h3-9H2,1-2H3/t14-/m0/s1. The molecule has 2 aliphatic rings. The van der Waals surface area contributed by atoms with Gasteiger partial charge >= 0.3 is 0 Å². The van der Waals surface area contributed by atoms with Crippen molar-refractivity contribution in [1.29, 1.82) is 0 Å². The summed E-state index contributed by atoms with van der Waals surface area (Å²) in [6.07, 6.45) is 3.38. The normalized spacial score (nSPS) is 27.2. The zero-order valence-electron chi connectivity index (χ0n) is 11.6. The van der Waals surface area contributed by atoms with Gasteiger partial charge in [-0.05, 0) is 33.1 Å². The van der Waals surface area contributed by atoms with Gasteiger partial charge in [-0.25, -0.2) is 4.98 Å². The molecule has 104 valence electrons. The van der Waals surface area contributed by atoms with E-state index in [-0.39, 0.29) is 11.3 Å². The lowest BCUT2D eigenvalue weighted by atomic mass is 9.79. The first kappa shape index (κ1) is 13.1. The van der Waals surface area contributed by atoms with Gasteiger partial charge in [-0.15, -0.1) is 11.3 Å². The van der Waals surface area contributed by atoms with Gasteiger partial charge in [0, 0.05) is 25.1 Å². The minimum Gasteiger partial charge on any atom is -0.381 e. The van der Waals surface area contributed by atoms with Crippen molar-refractivity contribution in [1.82, 2.24) is 9.88 Å². The molecule has 0 aromatic carbocycles. The SMILES string of the molecule is Cc1nc(C)c(C(=O)N2CCC[C@]3(CCOC3)C2)s1. The highest BCUT2D eigenvalue weighted by molar-refractivity contribution is 7.13. The van der Waals surface area contributed by atoms with Crippen LogP contribution in [-0.4, -0.2) is 42.1 Å². The molecule has 5 heteroatoms. The lowest BCUT2D eigenvalue weighted by Crippen LogP contribution is -2.46. The van der Waals surface area contributed by atoms with E-state index in [0.717, 1.165) is 54.7 Å². The molecule has 0 saturated carbocycles. The first-order valence-electron chi connectivity index (χ1n) is 6.91. The Labute approximate surface area is 117 Å². The fourth-order valence-electron chi connectivity index (χ4n) is 3.23. The molecule has 2 fully saturated rings. The quantitative estimate of drug-likeness (QED) is 0.793. The van der Waals surface area contributed by atoms with E-state index in [4.69, 9.17) is 4.74 Å². The number of rotatable bonds is 1. The Morgan fingerprint density at radius 2 is 2.26 bits per heavy atom. The molecule has 1 amide bonds. The van der Waals surface area contributed by atoms with Crippen molar-refractivity contribution in [3.63, 3.8) is 0 Å². The van der Waals surface area contributed by atoms with Crippen molar-refractivity contribution in [3.05, 3.63) is 15.6 Å². The van der Waals surface area contributed by atoms with Crippen LogP contribution < -0.4 is 0 Å². The van der Waals surface area contributed by atoms with Gasteiger partial charge in [0.2, 0.25) is 0 Å². The molecule has 1 atom stereocenters. The van der Waals surface area contributed by atoms with Crippen LogP contribution in [0.5, 0.6) is 0 Å². The average molecular weight is 280 g/mol. The Morgan fingerprint density at radius 3 is 2.89 bits per heavy atom. The van der Waals surface area contributed by atoms with Crippen LogP contribution in [-0.2, 0) is 4.74 Å². The number of carbonyl (C=O) groups excluding carboxylic acids is 1. The first-order valence-corrected chi connectivity index (χ1v) is 7.72. The second-order valence-electron chi connectivity index (χ2n) is 5.78. The number of hydrogen-bond donors (Lipinski definition) is 0. The summed E-state index contributed by atoms with van der Waals surface area (Å²) in [5.74, 6) is 0.161. The van der Waals surface area contributed by atoms with E-state index in [2.05, 4.69) is 4.98 Å². The van der Waals surface area contributed by atoms with E-state index in [1.165, 1.54) is 17.8 Å². The lowest BCUT2D eigenvalue weighted by molar-refractivity contribution is 0.0466. The molecule has 19 heavy (non-hydrogen) atoms. The van der Waals surface area contributed by atoms with Crippen LogP contribution in [0.4, 0.5) is 0 Å². The molecule has 3 rings (SSSR count). The third-order valence-electron chi connectivity index (χ3n) is 4.23. The fraction of sp³-hybridized carbons (Fsp3) is 0.714. The molecule has 1 aromatic rings. The Balaban J connectivity index is 1.78. The van der Waals surface area contributed by atoms with Crippen molar-refractivity contribution in [3.8, 4) is 0 Å². The monoisotopic (exact) mass is 280 g/mol. The van der Waals surface area contributed by atoms with Crippen LogP contribution in [0.25, 0.3) is 0 Å². The second kappa shape index (κ2) is 4.87. The van der Waals surface area contributed by atoms with E-state index in [1.807, 2.05) is 18.7 Å². The summed E-state index contributed by atoms with van der Waals surface area (Å²) in [5.41, 5.74) is 1.09. The first-order chi connectivity index (χ1) is 9.10. The fourth-order valence-corrected chi connectivity index (χ4v) is 4.11. The number of ether oxygens (including phenoxy) is 1. The minimum absolute atomic E-state index is 0.161. The van der Waals surface area contributed by atoms with E-state index < -0.39 is 0 Å². The number of amides is 1. The third kappa shape index (κ3) is 2.41. The van der Waals surface area contributed by atoms with Gasteiger partial charge in [-0.3, -0.25) is 4.79 Å². The van der Waals surface area contributed by atoms with Crippen LogP contribution >= 0.6 is 11.3 Å². The van der Waals surface area contributed by atoms with Gasteiger partial charge in [0.1, 0.15) is 4.88 Å². The highest BCUT2D eigenvalue weighted by Crippen LogP contribution is 2.38. The molecular formula is C14H20N2O2S. The molecule has 2 saturated heterocycles. The molecule has 0 aliphatic carbocycles. The van der Waals surface area contributed by atoms with Crippen molar-refractivity contribution < 1.29 is 9.53 Å². The summed E-state index contributed by atoms with van der Waals surface area (Å²) in [4.78, 5) is 19.8. The van der Waals surface area contributed by atoms with E-state index >= 15 is 0 Å². The Hall–Kier alpha value is -0.940. The maximum atomic E-state index is 12.6. The smallest absolute Gasteiger partial charge is 0.265 e. The summed E-state index contributed by atoms with van der Waals surface area (Å²) >= 11 is 1.51. The average Bonchev–Trinajstić information content (AvgIpc) is 2.96. The zero-order chi connectivity index (χ0) is 13.5. The van der Waals surface area contributed by atoms with E-state index in [0.29, 0.717) is 0 Å². The van der Waals surface area contributed by atoms with Crippen molar-refractivity contribution in [2.45, 2.75) is 33.1 Å². The maximum absolute atomic E-state index is 12.6. The Morgan fingerprint density at radius 1 is 1.42 bits per heavy atom. The van der Waals surface area contributed by atoms with Crippen LogP contribution in [0.15, 0.2) is 0 Å². The van der Waals surface area contributed by atoms with E-state index in [1.54, 1.807) is 0 Å². The molecular weight excluding hydrogens is 260 g/mol. The summed E-state index contributed by atoms with van der Waals surface area (Å²) in [6, 6.07) is 0. The van der Waals surface area contributed by atoms with Gasteiger partial charge in [-0.1, -0.05) is 0 Å². The van der Waals surface area contributed by atoms with Gasteiger partial charge in [-0.2, -0.15) is 0 Å². The number of aryl methyl sites for hydroxylation is 2. The number of aromatic nitrogens is 1. The largest absolute Gasteiger partial charge is 0.381 e. The van der Waals surface area contributed by atoms with E-state index in [9.17, 15) is 4.79 Å². The van der Waals surface area contributed by atoms with Crippen LogP contribution in [0.2, 0.25) is 0 Å². The van der Waals surface area contributed by atoms with Gasteiger partial charge < -0.3 is 9.64 Å². The zero-order valence-corrected chi connectivity index (χ0v) is 12.4. The summed E-state index contributed by atoms with van der Waals surface area (Å²) < 4.78 is 5.55. The molecule has 4 nitrogen and oxygen atoms in total. The highest BCUT2D eigenvalue weighted by Gasteiger charge is 2.40. The highest BCUT2D eigenvalue weighted by atomic mass is 32.1. The van der Waals surface area contributed by atoms with Crippen LogP contribution in [0.3, 0.4) is 0 Å². The lowest BCUT2D eigenvalue weighted by Gasteiger charge is -2.39. The topological polar surface area (TPSA) is 42.4 Å². The predicted molar refractivity (Wildman–Crippen MR) is 74.6 cm³/mol. The molecule has 0 N–H and O–H groups in total. The van der Waals surface area contributed by atoms with Crippen molar-refractivity contribution in [2.75, 3.05) is 26.3 Å². The van der Waals surface area contributed by atoms with Gasteiger partial charge in [0.05, 0.1) is 17.3 Å². The summed E-state index contributed by atoms with van der Waals surface area (Å²) in [7, 11) is 0. The number of hydrogen-bond acceptors (Lipinski definition) is 4. The molecule has 3 heterocycles. The predicted octanol–water partition coefficient (Wildman–Crippen LogP) is 2.40. The summed E-state index contributed by atoms with van der Waals surface area (Å²) in [6.45, 7) is 7.27. The molecule has 2 aliphatic heterocycles. The van der Waals surface area contributed by atoms with Gasteiger partial charge in [0.15, 0.2) is 0 Å². The molecule has 1 spiro atoms. The molecule has 0 unspecified atom stereocenters. The third-order valence-corrected chi connectivity index (χ3v) is 5.29. The minimum atomic E-state index is 0.161. The number of piperidine rings is 1. The van der Waals surface area contributed by atoms with Gasteiger partial charge in [0.25, 0.3) is 5.91 Å². The number of nitrogens with zero attached hydrogens (tertiary/aromatic N) is 2. The van der Waals surface area contributed by atoms with Crippen molar-refractivity contribution >= 4 is 17.2 Å².